The molecular weight excluding hydrogens is 358 g/mol. The Kier molecular flexibility index (Phi) is 4.38. The molecule has 1 atom stereocenters. The van der Waals surface area contributed by atoms with E-state index in [1.165, 1.54) is 10.2 Å². The standard InChI is InChI=1S/C14H15NO7S2/c1-23(16,17)15-24(18,19)22-14-7-3-4-11-12(14)5-2-6-13(11)21-9-10-8-20-10/h2-7,10,15H,8-9H2,1H3. The second kappa shape index (κ2) is 6.20. The van der Waals surface area contributed by atoms with Gasteiger partial charge in [0.2, 0.25) is 10.0 Å². The van der Waals surface area contributed by atoms with Crippen LogP contribution in [0.3, 0.4) is 0 Å². The van der Waals surface area contributed by atoms with E-state index in [2.05, 4.69) is 0 Å². The molecule has 0 saturated carbocycles. The molecule has 2 aromatic rings. The van der Waals surface area contributed by atoms with Crippen molar-refractivity contribution >= 4 is 31.1 Å². The van der Waals surface area contributed by atoms with Crippen molar-refractivity contribution in [2.24, 2.45) is 0 Å². The molecule has 1 aliphatic heterocycles. The van der Waals surface area contributed by atoms with Crippen molar-refractivity contribution in [1.82, 2.24) is 4.13 Å². The molecule has 0 bridgehead atoms. The first kappa shape index (κ1) is 17.0. The SMILES string of the molecule is CS(=O)(=O)NS(=O)(=O)Oc1cccc2c(OCC3CO3)cccc12. The largest absolute Gasteiger partial charge is 0.490 e. The lowest BCUT2D eigenvalue weighted by Crippen LogP contribution is -2.33. The van der Waals surface area contributed by atoms with Crippen LogP contribution in [0.25, 0.3) is 10.8 Å². The van der Waals surface area contributed by atoms with E-state index in [1.807, 2.05) is 0 Å². The van der Waals surface area contributed by atoms with E-state index >= 15 is 0 Å². The Bertz CT molecular complexity index is 966. The van der Waals surface area contributed by atoms with Crippen molar-refractivity contribution in [1.29, 1.82) is 0 Å². The van der Waals surface area contributed by atoms with Crippen LogP contribution in [0.1, 0.15) is 0 Å². The fourth-order valence-electron chi connectivity index (χ4n) is 2.12. The minimum absolute atomic E-state index is 0.00299. The van der Waals surface area contributed by atoms with Gasteiger partial charge in [-0.05, 0) is 12.1 Å². The van der Waals surface area contributed by atoms with Crippen LogP contribution >= 0.6 is 0 Å². The van der Waals surface area contributed by atoms with Gasteiger partial charge in [-0.15, -0.1) is 0 Å². The van der Waals surface area contributed by atoms with Crippen molar-refractivity contribution in [3.05, 3.63) is 36.4 Å². The van der Waals surface area contributed by atoms with Gasteiger partial charge in [0, 0.05) is 10.8 Å². The molecular formula is C14H15NO7S2. The van der Waals surface area contributed by atoms with Crippen LogP contribution in [0, 0.1) is 0 Å². The second-order valence-electron chi connectivity index (χ2n) is 5.27. The molecule has 0 spiro atoms. The Hall–Kier alpha value is -1.88. The first-order valence-electron chi connectivity index (χ1n) is 6.93. The van der Waals surface area contributed by atoms with E-state index in [4.69, 9.17) is 13.7 Å². The number of sulfonamides is 1. The first-order valence-corrected chi connectivity index (χ1v) is 10.2. The molecule has 0 amide bonds. The topological polar surface area (TPSA) is 111 Å². The number of hydrogen-bond acceptors (Lipinski definition) is 7. The molecule has 0 aliphatic carbocycles. The Morgan fingerprint density at radius 1 is 1.08 bits per heavy atom. The predicted octanol–water partition coefficient (Wildman–Crippen LogP) is 0.790. The molecule has 1 aliphatic rings. The molecule has 130 valence electrons. The van der Waals surface area contributed by atoms with Gasteiger partial charge in [0.15, 0.2) is 5.75 Å². The van der Waals surface area contributed by atoms with Crippen molar-refractivity contribution in [3.8, 4) is 11.5 Å². The van der Waals surface area contributed by atoms with Crippen molar-refractivity contribution in [2.45, 2.75) is 6.10 Å². The molecule has 2 aromatic carbocycles. The van der Waals surface area contributed by atoms with Gasteiger partial charge in [-0.3, -0.25) is 0 Å². The lowest BCUT2D eigenvalue weighted by Gasteiger charge is -2.12. The van der Waals surface area contributed by atoms with Crippen molar-refractivity contribution in [2.75, 3.05) is 19.5 Å². The predicted molar refractivity (Wildman–Crippen MR) is 86.7 cm³/mol. The molecule has 8 nitrogen and oxygen atoms in total. The number of fused-ring (bicyclic) bond motifs is 1. The monoisotopic (exact) mass is 373 g/mol. The van der Waals surface area contributed by atoms with Crippen molar-refractivity contribution < 1.29 is 30.5 Å². The van der Waals surface area contributed by atoms with Gasteiger partial charge in [-0.1, -0.05) is 28.4 Å². The van der Waals surface area contributed by atoms with Gasteiger partial charge < -0.3 is 13.7 Å². The molecule has 24 heavy (non-hydrogen) atoms. The minimum atomic E-state index is -4.51. The highest BCUT2D eigenvalue weighted by Gasteiger charge is 2.24. The molecule has 1 fully saturated rings. The lowest BCUT2D eigenvalue weighted by molar-refractivity contribution is 0.265. The van der Waals surface area contributed by atoms with Crippen LogP contribution in [-0.4, -0.2) is 42.4 Å². The number of hydrogen-bond donors (Lipinski definition) is 1. The van der Waals surface area contributed by atoms with E-state index in [1.54, 1.807) is 30.3 Å². The van der Waals surface area contributed by atoms with E-state index in [0.29, 0.717) is 29.7 Å². The third-order valence-corrected chi connectivity index (χ3v) is 5.55. The fourth-order valence-corrected chi connectivity index (χ4v) is 4.12. The molecule has 3 rings (SSSR count). The van der Waals surface area contributed by atoms with Gasteiger partial charge in [-0.25, -0.2) is 8.42 Å². The first-order chi connectivity index (χ1) is 11.2. The summed E-state index contributed by atoms with van der Waals surface area (Å²) in [6.45, 7) is 1.06. The summed E-state index contributed by atoms with van der Waals surface area (Å²) in [5.74, 6) is 0.554. The molecule has 1 N–H and O–H groups in total. The number of epoxide rings is 1. The number of rotatable bonds is 7. The van der Waals surface area contributed by atoms with Gasteiger partial charge in [-0.2, -0.15) is 8.42 Å². The lowest BCUT2D eigenvalue weighted by atomic mass is 10.1. The summed E-state index contributed by atoms with van der Waals surface area (Å²) in [5.41, 5.74) is 0. The van der Waals surface area contributed by atoms with Crippen LogP contribution in [0.15, 0.2) is 36.4 Å². The Morgan fingerprint density at radius 3 is 2.25 bits per heavy atom. The van der Waals surface area contributed by atoms with Crippen LogP contribution < -0.4 is 13.0 Å². The summed E-state index contributed by atoms with van der Waals surface area (Å²) in [6.07, 6.45) is 0.808. The summed E-state index contributed by atoms with van der Waals surface area (Å²) >= 11 is 0. The van der Waals surface area contributed by atoms with E-state index in [9.17, 15) is 16.8 Å². The third kappa shape index (κ3) is 4.35. The van der Waals surface area contributed by atoms with Crippen LogP contribution in [0.5, 0.6) is 11.5 Å². The molecule has 1 saturated heterocycles. The van der Waals surface area contributed by atoms with E-state index < -0.39 is 20.3 Å². The van der Waals surface area contributed by atoms with Gasteiger partial charge in [0.1, 0.15) is 18.5 Å². The third-order valence-electron chi connectivity index (χ3n) is 3.12. The highest BCUT2D eigenvalue weighted by molar-refractivity contribution is 8.02. The maximum Gasteiger partial charge on any atom is 0.395 e. The molecule has 1 unspecified atom stereocenters. The number of nitrogens with one attached hydrogen (secondary N) is 1. The normalized spacial score (nSPS) is 17.6. The van der Waals surface area contributed by atoms with Crippen molar-refractivity contribution in [3.63, 3.8) is 0 Å². The summed E-state index contributed by atoms with van der Waals surface area (Å²) in [6, 6.07) is 9.86. The molecule has 0 radical (unpaired) electrons. The number of benzene rings is 2. The number of ether oxygens (including phenoxy) is 2. The summed E-state index contributed by atoms with van der Waals surface area (Å²) < 4.78 is 62.9. The molecule has 1 heterocycles. The Balaban J connectivity index is 1.92. The summed E-state index contributed by atoms with van der Waals surface area (Å²) in [5, 5.41) is 1.12. The Morgan fingerprint density at radius 2 is 1.67 bits per heavy atom. The van der Waals surface area contributed by atoms with Gasteiger partial charge in [0.05, 0.1) is 12.9 Å². The maximum atomic E-state index is 11.8. The quantitative estimate of drug-likeness (QED) is 0.714. The highest BCUT2D eigenvalue weighted by atomic mass is 32.3. The maximum absolute atomic E-state index is 11.8. The summed E-state index contributed by atoms with van der Waals surface area (Å²) in [4.78, 5) is 0. The second-order valence-corrected chi connectivity index (χ2v) is 8.55. The van der Waals surface area contributed by atoms with Gasteiger partial charge >= 0.3 is 10.3 Å². The minimum Gasteiger partial charge on any atom is -0.490 e. The fraction of sp³-hybridized carbons (Fsp3) is 0.286. The van der Waals surface area contributed by atoms with Crippen LogP contribution in [0.4, 0.5) is 0 Å². The zero-order chi connectivity index (χ0) is 17.4. The van der Waals surface area contributed by atoms with Crippen LogP contribution in [0.2, 0.25) is 0 Å². The Labute approximate surface area is 139 Å². The zero-order valence-electron chi connectivity index (χ0n) is 12.6. The van der Waals surface area contributed by atoms with E-state index in [-0.39, 0.29) is 11.9 Å². The smallest absolute Gasteiger partial charge is 0.395 e. The molecule has 10 heteroatoms. The highest BCUT2D eigenvalue weighted by Crippen LogP contribution is 2.33. The zero-order valence-corrected chi connectivity index (χ0v) is 14.3. The summed E-state index contributed by atoms with van der Waals surface area (Å²) in [7, 11) is -8.49. The van der Waals surface area contributed by atoms with Crippen LogP contribution in [-0.2, 0) is 25.1 Å². The van der Waals surface area contributed by atoms with Gasteiger partial charge in [0.25, 0.3) is 0 Å². The molecule has 0 aromatic heterocycles. The average Bonchev–Trinajstić information content (AvgIpc) is 3.26. The van der Waals surface area contributed by atoms with E-state index in [0.717, 1.165) is 6.26 Å². The average molecular weight is 373 g/mol.